The predicted molar refractivity (Wildman–Crippen MR) is 70.1 cm³/mol. The molecule has 3 rings (SSSR count). The van der Waals surface area contributed by atoms with Crippen LogP contribution < -0.4 is 5.32 Å². The van der Waals surface area contributed by atoms with Crippen LogP contribution in [0, 0.1) is 0 Å². The van der Waals surface area contributed by atoms with Gasteiger partial charge in [-0.25, -0.2) is 4.98 Å². The largest absolute Gasteiger partial charge is 0.314 e. The van der Waals surface area contributed by atoms with E-state index in [9.17, 15) is 0 Å². The van der Waals surface area contributed by atoms with Crippen molar-refractivity contribution in [2.75, 3.05) is 6.54 Å². The van der Waals surface area contributed by atoms with Crippen molar-refractivity contribution in [1.29, 1.82) is 0 Å². The summed E-state index contributed by atoms with van der Waals surface area (Å²) < 4.78 is 0. The monoisotopic (exact) mass is 245 g/mol. The average Bonchev–Trinajstić information content (AvgIpc) is 3.02. The Morgan fingerprint density at radius 1 is 1.35 bits per heavy atom. The van der Waals surface area contributed by atoms with Gasteiger partial charge in [-0.1, -0.05) is 6.07 Å². The zero-order chi connectivity index (χ0) is 11.5. The Hall–Kier alpha value is -1.26. The molecule has 0 radical (unpaired) electrons. The van der Waals surface area contributed by atoms with Crippen molar-refractivity contribution < 1.29 is 0 Å². The van der Waals surface area contributed by atoms with Crippen molar-refractivity contribution in [2.24, 2.45) is 0 Å². The maximum Gasteiger partial charge on any atom is 0.0998 e. The van der Waals surface area contributed by atoms with Gasteiger partial charge >= 0.3 is 0 Å². The molecule has 1 aliphatic rings. The molecule has 1 fully saturated rings. The molecule has 2 aromatic rings. The number of thiazole rings is 1. The van der Waals surface area contributed by atoms with Crippen molar-refractivity contribution in [3.63, 3.8) is 0 Å². The molecule has 0 bridgehead atoms. The number of pyridine rings is 1. The molecule has 17 heavy (non-hydrogen) atoms. The normalized spacial score (nSPS) is 19.6. The van der Waals surface area contributed by atoms with Crippen LogP contribution in [0.15, 0.2) is 29.8 Å². The number of rotatable bonds is 3. The molecule has 0 saturated carbocycles. The fraction of sp³-hybridized carbons (Fsp3) is 0.385. The van der Waals surface area contributed by atoms with E-state index in [-0.39, 0.29) is 0 Å². The van der Waals surface area contributed by atoms with Gasteiger partial charge in [0.2, 0.25) is 0 Å². The zero-order valence-corrected chi connectivity index (χ0v) is 10.4. The van der Waals surface area contributed by atoms with Crippen LogP contribution in [0.5, 0.6) is 0 Å². The van der Waals surface area contributed by atoms with Crippen LogP contribution in [0.3, 0.4) is 0 Å². The Morgan fingerprint density at radius 2 is 2.35 bits per heavy atom. The molecular formula is C13H15N3S. The second kappa shape index (κ2) is 4.94. The number of hydrogen-bond acceptors (Lipinski definition) is 4. The molecule has 88 valence electrons. The fourth-order valence-electron chi connectivity index (χ4n) is 2.18. The maximum atomic E-state index is 4.66. The lowest BCUT2D eigenvalue weighted by Gasteiger charge is -2.06. The number of nitrogens with one attached hydrogen (secondary N) is 1. The first-order chi connectivity index (χ1) is 8.42. The molecule has 2 aromatic heterocycles. The Morgan fingerprint density at radius 3 is 3.12 bits per heavy atom. The summed E-state index contributed by atoms with van der Waals surface area (Å²) in [7, 11) is 0. The first-order valence-corrected chi connectivity index (χ1v) is 6.89. The van der Waals surface area contributed by atoms with Gasteiger partial charge in [-0.15, -0.1) is 11.3 Å². The Kier molecular flexibility index (Phi) is 3.16. The van der Waals surface area contributed by atoms with Crippen molar-refractivity contribution in [1.82, 2.24) is 15.3 Å². The number of nitrogens with zero attached hydrogens (tertiary/aromatic N) is 2. The topological polar surface area (TPSA) is 37.8 Å². The lowest BCUT2D eigenvalue weighted by atomic mass is 10.2. The lowest BCUT2D eigenvalue weighted by molar-refractivity contribution is 0.601. The van der Waals surface area contributed by atoms with E-state index in [1.807, 2.05) is 24.4 Å². The third-order valence-corrected chi connectivity index (χ3v) is 3.93. The van der Waals surface area contributed by atoms with Gasteiger partial charge in [0.25, 0.3) is 0 Å². The molecule has 1 saturated heterocycles. The fourth-order valence-corrected chi connectivity index (χ4v) is 3.05. The summed E-state index contributed by atoms with van der Waals surface area (Å²) in [5.74, 6) is 0. The summed E-state index contributed by atoms with van der Waals surface area (Å²) in [5.41, 5.74) is 1.97. The third kappa shape index (κ3) is 2.53. The van der Waals surface area contributed by atoms with Crippen LogP contribution in [0.2, 0.25) is 0 Å². The minimum atomic E-state index is 0.623. The van der Waals surface area contributed by atoms with Crippen LogP contribution >= 0.6 is 11.3 Å². The summed E-state index contributed by atoms with van der Waals surface area (Å²) in [5, 5.41) is 6.82. The van der Waals surface area contributed by atoms with Crippen LogP contribution in [0.25, 0.3) is 11.4 Å². The summed E-state index contributed by atoms with van der Waals surface area (Å²) >= 11 is 1.74. The molecular weight excluding hydrogens is 230 g/mol. The van der Waals surface area contributed by atoms with Gasteiger partial charge in [-0.2, -0.15) is 0 Å². The van der Waals surface area contributed by atoms with Gasteiger partial charge in [0.1, 0.15) is 0 Å². The van der Waals surface area contributed by atoms with E-state index in [0.29, 0.717) is 6.04 Å². The minimum absolute atomic E-state index is 0.623. The van der Waals surface area contributed by atoms with E-state index in [1.165, 1.54) is 17.8 Å². The quantitative estimate of drug-likeness (QED) is 0.903. The molecule has 0 amide bonds. The molecule has 3 heterocycles. The van der Waals surface area contributed by atoms with E-state index in [2.05, 4.69) is 20.7 Å². The average molecular weight is 245 g/mol. The highest BCUT2D eigenvalue weighted by Crippen LogP contribution is 2.21. The van der Waals surface area contributed by atoms with Gasteiger partial charge in [0, 0.05) is 24.0 Å². The van der Waals surface area contributed by atoms with Crippen LogP contribution in [-0.4, -0.2) is 22.6 Å². The number of hydrogen-bond donors (Lipinski definition) is 1. The minimum Gasteiger partial charge on any atom is -0.314 e. The molecule has 1 N–H and O–H groups in total. The summed E-state index contributed by atoms with van der Waals surface area (Å²) in [6, 6.07) is 6.56. The van der Waals surface area contributed by atoms with Crippen molar-refractivity contribution in [3.8, 4) is 11.4 Å². The molecule has 1 atom stereocenters. The molecule has 0 aliphatic carbocycles. The van der Waals surface area contributed by atoms with Gasteiger partial charge in [0.15, 0.2) is 0 Å². The highest BCUT2D eigenvalue weighted by atomic mass is 32.1. The highest BCUT2D eigenvalue weighted by molar-refractivity contribution is 7.09. The number of aromatic nitrogens is 2. The lowest BCUT2D eigenvalue weighted by Crippen LogP contribution is -2.23. The van der Waals surface area contributed by atoms with Crippen molar-refractivity contribution in [3.05, 3.63) is 34.8 Å². The summed E-state index contributed by atoms with van der Waals surface area (Å²) in [4.78, 5) is 8.98. The molecule has 4 heteroatoms. The Bertz CT molecular complexity index is 474. The van der Waals surface area contributed by atoms with Crippen LogP contribution in [-0.2, 0) is 6.42 Å². The van der Waals surface area contributed by atoms with E-state index in [0.717, 1.165) is 24.4 Å². The second-order valence-corrected chi connectivity index (χ2v) is 5.28. The molecule has 3 nitrogen and oxygen atoms in total. The van der Waals surface area contributed by atoms with E-state index < -0.39 is 0 Å². The first kappa shape index (κ1) is 10.9. The SMILES string of the molecule is c1ccc(-c2csc(CC3CCCN3)n2)nc1. The van der Waals surface area contributed by atoms with E-state index in [1.54, 1.807) is 11.3 Å². The Labute approximate surface area is 105 Å². The Balaban J connectivity index is 1.74. The molecule has 0 spiro atoms. The maximum absolute atomic E-state index is 4.66. The molecule has 1 unspecified atom stereocenters. The third-order valence-electron chi connectivity index (χ3n) is 3.06. The van der Waals surface area contributed by atoms with Crippen LogP contribution in [0.4, 0.5) is 0 Å². The highest BCUT2D eigenvalue weighted by Gasteiger charge is 2.16. The predicted octanol–water partition coefficient (Wildman–Crippen LogP) is 2.50. The zero-order valence-electron chi connectivity index (χ0n) is 9.60. The van der Waals surface area contributed by atoms with Gasteiger partial charge in [0.05, 0.1) is 16.4 Å². The second-order valence-electron chi connectivity index (χ2n) is 4.34. The van der Waals surface area contributed by atoms with Gasteiger partial charge in [-0.3, -0.25) is 4.98 Å². The van der Waals surface area contributed by atoms with Crippen molar-refractivity contribution >= 4 is 11.3 Å². The smallest absolute Gasteiger partial charge is 0.0998 e. The van der Waals surface area contributed by atoms with E-state index in [4.69, 9.17) is 0 Å². The van der Waals surface area contributed by atoms with E-state index >= 15 is 0 Å². The molecule has 0 aromatic carbocycles. The summed E-state index contributed by atoms with van der Waals surface area (Å²) in [6.07, 6.45) is 5.44. The van der Waals surface area contributed by atoms with Gasteiger partial charge < -0.3 is 5.32 Å². The first-order valence-electron chi connectivity index (χ1n) is 6.01. The molecule has 1 aliphatic heterocycles. The standard InChI is InChI=1S/C13H15N3S/c1-2-6-15-11(5-1)12-9-17-13(16-12)8-10-4-3-7-14-10/h1-2,5-6,9-10,14H,3-4,7-8H2. The van der Waals surface area contributed by atoms with Gasteiger partial charge in [-0.05, 0) is 31.5 Å². The van der Waals surface area contributed by atoms with Crippen LogP contribution in [0.1, 0.15) is 17.8 Å². The summed E-state index contributed by atoms with van der Waals surface area (Å²) in [6.45, 7) is 1.16. The van der Waals surface area contributed by atoms with Crippen molar-refractivity contribution in [2.45, 2.75) is 25.3 Å².